The summed E-state index contributed by atoms with van der Waals surface area (Å²) in [4.78, 5) is 34.6. The fourth-order valence-electron chi connectivity index (χ4n) is 4.43. The predicted octanol–water partition coefficient (Wildman–Crippen LogP) is 5.44. The maximum Gasteiger partial charge on any atom is 0.266 e. The van der Waals surface area contributed by atoms with Gasteiger partial charge in [-0.25, -0.2) is 9.96 Å². The van der Waals surface area contributed by atoms with E-state index < -0.39 is 24.0 Å². The van der Waals surface area contributed by atoms with Crippen LogP contribution in [0, 0.1) is 5.92 Å². The fraction of sp³-hybridized carbons (Fsp3) is 0.200. The maximum absolute atomic E-state index is 13.8. The number of imide groups is 1. The lowest BCUT2D eigenvalue weighted by Crippen LogP contribution is -2.37. The maximum atomic E-state index is 13.8. The van der Waals surface area contributed by atoms with Crippen LogP contribution in [-0.4, -0.2) is 24.5 Å². The number of fused-ring (bicyclic) bond motifs is 1. The zero-order valence-corrected chi connectivity index (χ0v) is 19.2. The quantitative estimate of drug-likeness (QED) is 0.453. The molecule has 6 nitrogen and oxygen atoms in total. The molecule has 2 amide bonds. The standard InChI is InChI=1S/C25H20Cl2N2O4/c1-2-32-20-11-7-6-10-19(20)28-24(30)21-22(17-13-12-15(26)14-18(17)27)29(33-23(21)25(28)31)16-8-4-3-5-9-16/h3-14,21-23H,2H2,1H3/t21-,22+,23-/m1/s1. The minimum absolute atomic E-state index is 0.369. The van der Waals surface area contributed by atoms with E-state index in [0.29, 0.717) is 39.3 Å². The SMILES string of the molecule is CCOc1ccccc1N1C(=O)[C@H]2[C@@H](ON(c3ccccc3)[C@H]2c2ccc(Cl)cc2Cl)C1=O. The number of anilines is 2. The Labute approximate surface area is 201 Å². The summed E-state index contributed by atoms with van der Waals surface area (Å²) in [7, 11) is 0. The zero-order valence-electron chi connectivity index (χ0n) is 17.7. The van der Waals surface area contributed by atoms with Crippen molar-refractivity contribution in [3.63, 3.8) is 0 Å². The Morgan fingerprint density at radius 2 is 1.67 bits per heavy atom. The first kappa shape index (κ1) is 21.8. The average Bonchev–Trinajstić information content (AvgIpc) is 3.31. The number of rotatable bonds is 5. The van der Waals surface area contributed by atoms with Gasteiger partial charge in [-0.2, -0.15) is 0 Å². The number of benzene rings is 3. The lowest BCUT2D eigenvalue weighted by atomic mass is 9.90. The third-order valence-electron chi connectivity index (χ3n) is 5.81. The molecule has 3 atom stereocenters. The summed E-state index contributed by atoms with van der Waals surface area (Å²) in [6, 6.07) is 20.8. The van der Waals surface area contributed by atoms with E-state index in [1.54, 1.807) is 47.5 Å². The van der Waals surface area contributed by atoms with Gasteiger partial charge in [-0.05, 0) is 48.9 Å². The lowest BCUT2D eigenvalue weighted by molar-refractivity contribution is -0.126. The van der Waals surface area contributed by atoms with E-state index in [0.717, 1.165) is 0 Å². The van der Waals surface area contributed by atoms with Gasteiger partial charge in [0, 0.05) is 10.0 Å². The van der Waals surface area contributed by atoms with E-state index in [1.807, 2.05) is 37.3 Å². The molecule has 168 valence electrons. The van der Waals surface area contributed by atoms with E-state index in [2.05, 4.69) is 0 Å². The molecular weight excluding hydrogens is 463 g/mol. The topological polar surface area (TPSA) is 59.1 Å². The van der Waals surface area contributed by atoms with Gasteiger partial charge >= 0.3 is 0 Å². The van der Waals surface area contributed by atoms with E-state index in [-0.39, 0.29) is 5.91 Å². The van der Waals surface area contributed by atoms with Crippen LogP contribution in [0.2, 0.25) is 10.0 Å². The molecule has 5 rings (SSSR count). The molecule has 0 radical (unpaired) electrons. The van der Waals surface area contributed by atoms with Crippen LogP contribution in [0.5, 0.6) is 5.75 Å². The second kappa shape index (κ2) is 8.71. The molecule has 8 heteroatoms. The van der Waals surface area contributed by atoms with E-state index >= 15 is 0 Å². The summed E-state index contributed by atoms with van der Waals surface area (Å²) >= 11 is 12.7. The molecule has 3 aromatic carbocycles. The first-order chi connectivity index (χ1) is 16.0. The molecule has 0 aliphatic carbocycles. The number of carbonyl (C=O) groups is 2. The molecule has 2 aliphatic rings. The monoisotopic (exact) mass is 482 g/mol. The average molecular weight is 483 g/mol. The molecular formula is C25H20Cl2N2O4. The van der Waals surface area contributed by atoms with Gasteiger partial charge in [-0.15, -0.1) is 0 Å². The van der Waals surface area contributed by atoms with E-state index in [4.69, 9.17) is 32.8 Å². The van der Waals surface area contributed by atoms with E-state index in [1.165, 1.54) is 4.90 Å². The molecule has 2 aliphatic heterocycles. The second-order valence-electron chi connectivity index (χ2n) is 7.74. The molecule has 0 aromatic heterocycles. The first-order valence-electron chi connectivity index (χ1n) is 10.6. The molecule has 0 saturated carbocycles. The van der Waals surface area contributed by atoms with Crippen LogP contribution in [0.15, 0.2) is 72.8 Å². The number of hydroxylamine groups is 1. The summed E-state index contributed by atoms with van der Waals surface area (Å²) in [5, 5.41) is 2.48. The van der Waals surface area contributed by atoms with Crippen molar-refractivity contribution < 1.29 is 19.2 Å². The highest BCUT2D eigenvalue weighted by molar-refractivity contribution is 6.35. The smallest absolute Gasteiger partial charge is 0.266 e. The molecule has 0 unspecified atom stereocenters. The predicted molar refractivity (Wildman–Crippen MR) is 127 cm³/mol. The van der Waals surface area contributed by atoms with E-state index in [9.17, 15) is 9.59 Å². The number of halogens is 2. The molecule has 2 fully saturated rings. The molecule has 33 heavy (non-hydrogen) atoms. The fourth-order valence-corrected chi connectivity index (χ4v) is 4.95. The van der Waals surface area contributed by atoms with Crippen molar-refractivity contribution in [3.8, 4) is 5.75 Å². The lowest BCUT2D eigenvalue weighted by Gasteiger charge is -2.29. The van der Waals surface area contributed by atoms with Gasteiger partial charge in [0.15, 0.2) is 6.10 Å². The van der Waals surface area contributed by atoms with Crippen LogP contribution >= 0.6 is 23.2 Å². The summed E-state index contributed by atoms with van der Waals surface area (Å²) in [5.41, 5.74) is 1.77. The van der Waals surface area contributed by atoms with Crippen molar-refractivity contribution in [2.45, 2.75) is 19.1 Å². The number of nitrogens with zero attached hydrogens (tertiary/aromatic N) is 2. The largest absolute Gasteiger partial charge is 0.492 e. The molecule has 2 saturated heterocycles. The second-order valence-corrected chi connectivity index (χ2v) is 8.58. The number of carbonyl (C=O) groups excluding carboxylic acids is 2. The van der Waals surface area contributed by atoms with Crippen molar-refractivity contribution in [2.24, 2.45) is 5.92 Å². The Morgan fingerprint density at radius 1 is 0.939 bits per heavy atom. The van der Waals surface area contributed by atoms with Gasteiger partial charge < -0.3 is 4.74 Å². The van der Waals surface area contributed by atoms with Gasteiger partial charge in [0.05, 0.1) is 24.0 Å². The van der Waals surface area contributed by atoms with Gasteiger partial charge in [0.1, 0.15) is 11.7 Å². The highest BCUT2D eigenvalue weighted by Gasteiger charge is 2.61. The Balaban J connectivity index is 1.61. The summed E-state index contributed by atoms with van der Waals surface area (Å²) in [5.74, 6) is -1.15. The van der Waals surface area contributed by atoms with Crippen LogP contribution in [0.4, 0.5) is 11.4 Å². The van der Waals surface area contributed by atoms with Gasteiger partial charge in [-0.3, -0.25) is 14.4 Å². The molecule has 2 heterocycles. The zero-order chi connectivity index (χ0) is 23.1. The number of hydrogen-bond acceptors (Lipinski definition) is 5. The van der Waals surface area contributed by atoms with Crippen LogP contribution in [0.3, 0.4) is 0 Å². The number of ether oxygens (including phenoxy) is 1. The highest BCUT2D eigenvalue weighted by Crippen LogP contribution is 2.50. The summed E-state index contributed by atoms with van der Waals surface area (Å²) < 4.78 is 5.67. The number of para-hydroxylation sites is 3. The van der Waals surface area contributed by atoms with Crippen LogP contribution in [0.1, 0.15) is 18.5 Å². The van der Waals surface area contributed by atoms with Crippen LogP contribution < -0.4 is 14.7 Å². The Kier molecular flexibility index (Phi) is 5.74. The van der Waals surface area contributed by atoms with Crippen molar-refractivity contribution in [1.29, 1.82) is 0 Å². The Hall–Kier alpha value is -3.06. The number of amides is 2. The molecule has 0 N–H and O–H groups in total. The minimum Gasteiger partial charge on any atom is -0.492 e. The third-order valence-corrected chi connectivity index (χ3v) is 6.38. The van der Waals surface area contributed by atoms with Crippen molar-refractivity contribution >= 4 is 46.4 Å². The van der Waals surface area contributed by atoms with Crippen molar-refractivity contribution in [3.05, 3.63) is 88.4 Å². The van der Waals surface area contributed by atoms with Crippen molar-refractivity contribution in [2.75, 3.05) is 16.6 Å². The third kappa shape index (κ3) is 3.64. The van der Waals surface area contributed by atoms with Gasteiger partial charge in [0.25, 0.3) is 5.91 Å². The van der Waals surface area contributed by atoms with Crippen LogP contribution in [0.25, 0.3) is 0 Å². The van der Waals surface area contributed by atoms with Crippen molar-refractivity contribution in [1.82, 2.24) is 0 Å². The minimum atomic E-state index is -0.996. The van der Waals surface area contributed by atoms with Gasteiger partial charge in [-0.1, -0.05) is 59.6 Å². The van der Waals surface area contributed by atoms with Crippen LogP contribution in [-0.2, 0) is 14.4 Å². The molecule has 3 aromatic rings. The highest BCUT2D eigenvalue weighted by atomic mass is 35.5. The van der Waals surface area contributed by atoms with Gasteiger partial charge in [0.2, 0.25) is 5.91 Å². The Morgan fingerprint density at radius 3 is 2.39 bits per heavy atom. The Bertz CT molecular complexity index is 1220. The summed E-state index contributed by atoms with van der Waals surface area (Å²) in [6.07, 6.45) is -0.996. The summed E-state index contributed by atoms with van der Waals surface area (Å²) in [6.45, 7) is 2.25. The molecule has 0 bridgehead atoms. The number of hydrogen-bond donors (Lipinski definition) is 0. The normalized spacial score (nSPS) is 22.1. The molecule has 0 spiro atoms. The first-order valence-corrected chi connectivity index (χ1v) is 11.3.